The number of allylic oxidation sites excluding steroid dienone is 1. The number of nitrogens with zero attached hydrogens (tertiary/aromatic N) is 4. The minimum absolute atomic E-state index is 0.0554. The van der Waals surface area contributed by atoms with Crippen LogP contribution in [0.2, 0.25) is 0 Å². The van der Waals surface area contributed by atoms with Crippen LogP contribution in [0.5, 0.6) is 0 Å². The first kappa shape index (κ1) is 57.5. The smallest absolute Gasteiger partial charge is 0.253 e. The molecule has 5 aromatic rings. The first-order valence-electron chi connectivity index (χ1n) is 18.5. The third-order valence-corrected chi connectivity index (χ3v) is 9.99. The fourth-order valence-electron chi connectivity index (χ4n) is 6.94. The van der Waals surface area contributed by atoms with E-state index in [2.05, 4.69) is 4.98 Å². The molecular weight excluding hydrogens is 1060 g/mol. The molecule has 5 rings (SSSR count). The van der Waals surface area contributed by atoms with Crippen LogP contribution in [0.3, 0.4) is 0 Å². The molecule has 8 nitrogen and oxygen atoms in total. The van der Waals surface area contributed by atoms with Gasteiger partial charge in [-0.2, -0.15) is 132 Å². The van der Waals surface area contributed by atoms with E-state index < -0.39 is 210 Å². The van der Waals surface area contributed by atoms with E-state index in [0.29, 0.717) is 0 Å². The van der Waals surface area contributed by atoms with Gasteiger partial charge in [-0.3, -0.25) is 25.2 Å². The summed E-state index contributed by atoms with van der Waals surface area (Å²) in [5, 5.41) is 20.5. The van der Waals surface area contributed by atoms with Crippen LogP contribution in [0.15, 0.2) is 109 Å². The summed E-state index contributed by atoms with van der Waals surface area (Å²) in [5.74, 6) is -1.03. The molecule has 72 heavy (non-hydrogen) atoms. The second kappa shape index (κ2) is 19.5. The third kappa shape index (κ3) is 13.4. The van der Waals surface area contributed by atoms with Gasteiger partial charge in [0, 0.05) is 0 Å². The lowest BCUT2D eigenvalue weighted by Gasteiger charge is -2.46. The zero-order valence-electron chi connectivity index (χ0n) is 34.1. The van der Waals surface area contributed by atoms with Gasteiger partial charge in [-0.05, 0) is 24.3 Å². The van der Waals surface area contributed by atoms with Crippen molar-refractivity contribution in [3.05, 3.63) is 174 Å². The van der Waals surface area contributed by atoms with Crippen LogP contribution in [-0.2, 0) is 56.0 Å². The number of hydrogen-bond donors (Lipinski definition) is 0. The highest BCUT2D eigenvalue weighted by Gasteiger charge is 2.47. The molecule has 0 N–H and O–H groups in total. The Bertz CT molecular complexity index is 2390. The molecule has 33 heteroatoms. The first-order valence-corrected chi connectivity index (χ1v) is 18.5. The Kier molecular flexibility index (Phi) is 15.5. The van der Waals surface area contributed by atoms with Gasteiger partial charge in [0.2, 0.25) is 0 Å². The average Bonchev–Trinajstić information content (AvgIpc) is 3.21. The molecule has 0 aliphatic carbocycles. The second-order valence-electron chi connectivity index (χ2n) is 14.7. The molecule has 1 aromatic heterocycles. The molecule has 0 saturated carbocycles. The minimum Gasteiger partial charge on any atom is -0.253 e. The summed E-state index contributed by atoms with van der Waals surface area (Å²) in [4.78, 5) is 22.2. The number of hydrogen-bond acceptors (Lipinski definition) is 5. The summed E-state index contributed by atoms with van der Waals surface area (Å²) in [6.07, 6.45) is -47.8. The maximum absolute atomic E-state index is 14.2. The normalized spacial score (nSPS) is 13.3. The van der Waals surface area contributed by atoms with E-state index in [9.17, 15) is 126 Å². The number of benzene rings is 4. The molecule has 0 fully saturated rings. The highest BCUT2D eigenvalue weighted by Crippen LogP contribution is 2.41. The monoisotopic (exact) mass is 1070 g/mol. The van der Waals surface area contributed by atoms with E-state index in [4.69, 9.17) is 0 Å². The van der Waals surface area contributed by atoms with Crippen molar-refractivity contribution in [3.8, 4) is 0 Å². The Hall–Kier alpha value is -7.12. The van der Waals surface area contributed by atoms with Gasteiger partial charge < -0.3 is 0 Å². The molecule has 4 aromatic carbocycles. The van der Waals surface area contributed by atoms with Crippen molar-refractivity contribution in [1.29, 1.82) is 0 Å². The van der Waals surface area contributed by atoms with Crippen molar-refractivity contribution in [3.63, 3.8) is 0 Å². The summed E-state index contributed by atoms with van der Waals surface area (Å²) < 4.78 is 342. The van der Waals surface area contributed by atoms with E-state index in [0.717, 1.165) is 6.08 Å². The molecule has 0 aliphatic heterocycles. The van der Waals surface area contributed by atoms with Gasteiger partial charge in [0.15, 0.2) is 18.9 Å². The van der Waals surface area contributed by atoms with Crippen molar-refractivity contribution in [1.82, 2.24) is 4.98 Å². The van der Waals surface area contributed by atoms with E-state index in [-0.39, 0.29) is 6.54 Å². The molecule has 0 aliphatic rings. The topological polar surface area (TPSA) is 103 Å². The van der Waals surface area contributed by atoms with Crippen LogP contribution in [0.4, 0.5) is 105 Å². The molecule has 0 radical (unpaired) electrons. The third-order valence-electron chi connectivity index (χ3n) is 9.99. The minimum atomic E-state index is -6.13. The SMILES string of the molecule is FC(F)(F)c1cc([B-](c2cc(C(F)(F)F)cc(C(F)(F)F)c2)(c2cc(C(F)(F)F)cc(C(F)(F)F)c2)c2cc(C(F)(F)F)cc(C(F)(F)F)c2)cc(C(F)(F)F)c1.O=[N+]([O-])C(=CC[n+]1ccncc1)[N+](=O)[O-]. The van der Waals surface area contributed by atoms with Crippen LogP contribution in [0.25, 0.3) is 0 Å². The summed E-state index contributed by atoms with van der Waals surface area (Å²) in [7, 11) is 0. The largest absolute Gasteiger partial charge is 0.560 e. The number of alkyl halides is 24. The molecule has 0 spiro atoms. The highest BCUT2D eigenvalue weighted by atomic mass is 19.4. The van der Waals surface area contributed by atoms with Gasteiger partial charge in [0.1, 0.15) is 22.1 Å². The van der Waals surface area contributed by atoms with E-state index in [1.807, 2.05) is 0 Å². The Morgan fingerprint density at radius 3 is 0.764 bits per heavy atom. The van der Waals surface area contributed by atoms with Crippen molar-refractivity contribution >= 4 is 28.0 Å². The Balaban J connectivity index is 0.000000639. The van der Waals surface area contributed by atoms with Crippen molar-refractivity contribution < 1.29 is 120 Å². The molecule has 0 amide bonds. The zero-order valence-corrected chi connectivity index (χ0v) is 34.1. The van der Waals surface area contributed by atoms with E-state index in [1.165, 1.54) is 17.0 Å². The lowest BCUT2D eigenvalue weighted by molar-refractivity contribution is -0.690. The Morgan fingerprint density at radius 2 is 0.597 bits per heavy atom. The fraction of sp³-hybridized carbons (Fsp3) is 0.231. The predicted octanol–water partition coefficient (Wildman–Crippen LogP) is 11.0. The van der Waals surface area contributed by atoms with Crippen LogP contribution < -0.4 is 26.4 Å². The molecule has 1 heterocycles. The Labute approximate surface area is 383 Å². The molecule has 390 valence electrons. The van der Waals surface area contributed by atoms with Gasteiger partial charge in [0.25, 0.3) is 0 Å². The van der Waals surface area contributed by atoms with Gasteiger partial charge in [-0.1, -0.05) is 48.5 Å². The van der Waals surface area contributed by atoms with Crippen LogP contribution >= 0.6 is 0 Å². The second-order valence-corrected chi connectivity index (χ2v) is 14.7. The van der Waals surface area contributed by atoms with Crippen molar-refractivity contribution in [2.45, 2.75) is 56.0 Å². The van der Waals surface area contributed by atoms with E-state index in [1.54, 1.807) is 12.4 Å². The summed E-state index contributed by atoms with van der Waals surface area (Å²) >= 11 is 0. The van der Waals surface area contributed by atoms with E-state index >= 15 is 0 Å². The number of rotatable bonds is 8. The van der Waals surface area contributed by atoms with Gasteiger partial charge in [-0.15, -0.1) is 0 Å². The van der Waals surface area contributed by atoms with Gasteiger partial charge in [-0.25, -0.2) is 0 Å². The van der Waals surface area contributed by atoms with Gasteiger partial charge >= 0.3 is 55.2 Å². The quantitative estimate of drug-likeness (QED) is 0.0506. The standard InChI is InChI=1S/C32H12BF24.C7H7N4O4/c34-25(35,36)13-1-14(26(37,38)39)6-21(5-13)33(22-7-15(27(40,41)42)2-16(8-22)28(43,44)45,23-9-17(29(46,47)48)3-18(10-23)30(49,50)51)24-11-19(31(52,53)54)4-20(12-24)32(55,56)57;12-10(13)7(11(14)15)1-4-9-5-2-8-3-6-9/h1-12H;1-3,5-6H,4H2/q-1;+1. The summed E-state index contributed by atoms with van der Waals surface area (Å²) in [5.41, 5.74) is -30.2. The maximum Gasteiger partial charge on any atom is 0.560 e. The molecule has 0 saturated heterocycles. The maximum atomic E-state index is 14.2. The number of aromatic nitrogens is 2. The molecule has 0 atom stereocenters. The van der Waals surface area contributed by atoms with Crippen molar-refractivity contribution in [2.24, 2.45) is 0 Å². The molecule has 0 bridgehead atoms. The number of halogens is 24. The zero-order chi connectivity index (χ0) is 55.2. The lowest BCUT2D eigenvalue weighted by atomic mass is 9.12. The average molecular weight is 1070 g/mol. The first-order chi connectivity index (χ1) is 32.4. The number of nitro groups is 2. The fourth-order valence-corrected chi connectivity index (χ4v) is 6.94. The predicted molar refractivity (Wildman–Crippen MR) is 197 cm³/mol. The van der Waals surface area contributed by atoms with Gasteiger partial charge in [0.05, 0.1) is 56.9 Å². The van der Waals surface area contributed by atoms with Crippen LogP contribution in [0, 0.1) is 20.2 Å². The molecular formula is C39H19BF24N4O4. The Morgan fingerprint density at radius 1 is 0.403 bits per heavy atom. The summed E-state index contributed by atoms with van der Waals surface area (Å²) in [6, 6.07) is -8.81. The molecule has 0 unspecified atom stereocenters. The van der Waals surface area contributed by atoms with Crippen molar-refractivity contribution in [2.75, 3.05) is 0 Å². The lowest BCUT2D eigenvalue weighted by Crippen LogP contribution is -2.75. The van der Waals surface area contributed by atoms with Crippen LogP contribution in [0.1, 0.15) is 44.5 Å². The van der Waals surface area contributed by atoms with Crippen LogP contribution in [-0.4, -0.2) is 21.0 Å². The highest BCUT2D eigenvalue weighted by molar-refractivity contribution is 7.20. The summed E-state index contributed by atoms with van der Waals surface area (Å²) in [6.45, 7) is 0.0554.